The van der Waals surface area contributed by atoms with Crippen LogP contribution in [0.2, 0.25) is 0 Å². The second kappa shape index (κ2) is 8.86. The molecule has 0 bridgehead atoms. The number of aromatic amines is 1. The smallest absolute Gasteiger partial charge is 0.119 e. The molecule has 0 radical (unpaired) electrons. The number of hydrogen-bond donors (Lipinski definition) is 1. The van der Waals surface area contributed by atoms with Gasteiger partial charge in [-0.1, -0.05) is 36.9 Å². The molecular formula is C24H24N2O. The number of ether oxygens (including phenoxy) is 1. The number of nitrogens with one attached hydrogen (secondary N) is 1. The summed E-state index contributed by atoms with van der Waals surface area (Å²) < 4.78 is 5.63. The molecule has 0 saturated heterocycles. The highest BCUT2D eigenvalue weighted by atomic mass is 16.5. The molecule has 3 heteroatoms. The standard InChI is InChI=1S/C24H24N2O/c1-18(2)27-23-10-6-20(7-11-23)12-15-25-14-4-5-19(3)22-9-8-21-13-16-26-24(21)17-22/h4-18,26H,3H2,1-2H3/b5-4-,15-12+,25-14+. The molecule has 3 nitrogen and oxygen atoms in total. The second-order valence-electron chi connectivity index (χ2n) is 6.51. The first-order chi connectivity index (χ1) is 13.1. The summed E-state index contributed by atoms with van der Waals surface area (Å²) >= 11 is 0. The molecule has 0 fully saturated rings. The van der Waals surface area contributed by atoms with Gasteiger partial charge < -0.3 is 9.72 Å². The molecular weight excluding hydrogens is 332 g/mol. The van der Waals surface area contributed by atoms with Gasteiger partial charge in [-0.15, -0.1) is 0 Å². The molecule has 136 valence electrons. The Bertz CT molecular complexity index is 989. The zero-order valence-electron chi connectivity index (χ0n) is 15.7. The van der Waals surface area contributed by atoms with Crippen LogP contribution in [-0.4, -0.2) is 17.3 Å². The van der Waals surface area contributed by atoms with Crippen molar-refractivity contribution in [2.45, 2.75) is 20.0 Å². The third-order valence-electron chi connectivity index (χ3n) is 4.00. The summed E-state index contributed by atoms with van der Waals surface area (Å²) in [5, 5.41) is 1.20. The van der Waals surface area contributed by atoms with E-state index in [1.54, 1.807) is 12.4 Å². The minimum absolute atomic E-state index is 0.183. The first-order valence-electron chi connectivity index (χ1n) is 9.01. The number of rotatable bonds is 7. The minimum Gasteiger partial charge on any atom is -0.491 e. The van der Waals surface area contributed by atoms with Gasteiger partial charge in [-0.2, -0.15) is 0 Å². The Morgan fingerprint density at radius 1 is 1.11 bits per heavy atom. The lowest BCUT2D eigenvalue weighted by Crippen LogP contribution is -2.05. The van der Waals surface area contributed by atoms with Gasteiger partial charge in [0.15, 0.2) is 0 Å². The maximum Gasteiger partial charge on any atom is 0.119 e. The van der Waals surface area contributed by atoms with Gasteiger partial charge in [0.25, 0.3) is 0 Å². The van der Waals surface area contributed by atoms with Gasteiger partial charge in [-0.25, -0.2) is 0 Å². The molecule has 0 spiro atoms. The normalized spacial score (nSPS) is 12.1. The molecule has 1 heterocycles. The predicted molar refractivity (Wildman–Crippen MR) is 116 cm³/mol. The summed E-state index contributed by atoms with van der Waals surface area (Å²) in [4.78, 5) is 7.49. The molecule has 2 aromatic carbocycles. The van der Waals surface area contributed by atoms with Crippen molar-refractivity contribution in [2.75, 3.05) is 0 Å². The van der Waals surface area contributed by atoms with Gasteiger partial charge in [-0.3, -0.25) is 4.99 Å². The third-order valence-corrected chi connectivity index (χ3v) is 4.00. The first-order valence-corrected chi connectivity index (χ1v) is 9.01. The van der Waals surface area contributed by atoms with E-state index in [2.05, 4.69) is 40.8 Å². The molecule has 0 saturated carbocycles. The molecule has 0 aliphatic carbocycles. The highest BCUT2D eigenvalue weighted by Gasteiger charge is 1.98. The number of allylic oxidation sites excluding steroid dienone is 3. The van der Waals surface area contributed by atoms with Crippen LogP contribution in [0.25, 0.3) is 22.6 Å². The van der Waals surface area contributed by atoms with E-state index in [0.717, 1.165) is 28.0 Å². The van der Waals surface area contributed by atoms with Crippen molar-refractivity contribution in [3.63, 3.8) is 0 Å². The number of hydrogen-bond acceptors (Lipinski definition) is 2. The predicted octanol–water partition coefficient (Wildman–Crippen LogP) is 6.27. The fourth-order valence-electron chi connectivity index (χ4n) is 2.66. The van der Waals surface area contributed by atoms with Crippen molar-refractivity contribution >= 4 is 28.8 Å². The van der Waals surface area contributed by atoms with Crippen molar-refractivity contribution in [1.29, 1.82) is 0 Å². The molecule has 1 N–H and O–H groups in total. The van der Waals surface area contributed by atoms with E-state index >= 15 is 0 Å². The molecule has 0 aliphatic rings. The Labute approximate surface area is 160 Å². The van der Waals surface area contributed by atoms with Crippen molar-refractivity contribution < 1.29 is 4.74 Å². The van der Waals surface area contributed by atoms with Crippen molar-refractivity contribution in [3.05, 3.63) is 90.8 Å². The summed E-state index contributed by atoms with van der Waals surface area (Å²) in [7, 11) is 0. The first kappa shape index (κ1) is 18.5. The molecule has 0 atom stereocenters. The fourth-order valence-corrected chi connectivity index (χ4v) is 2.66. The van der Waals surface area contributed by atoms with Gasteiger partial charge in [0, 0.05) is 24.1 Å². The van der Waals surface area contributed by atoms with E-state index in [-0.39, 0.29) is 6.10 Å². The average molecular weight is 356 g/mol. The molecule has 27 heavy (non-hydrogen) atoms. The number of H-pyrrole nitrogens is 1. The van der Waals surface area contributed by atoms with Gasteiger partial charge in [0.05, 0.1) is 6.10 Å². The van der Waals surface area contributed by atoms with Crippen molar-refractivity contribution in [2.24, 2.45) is 4.99 Å². The SMILES string of the molecule is C=C(\C=C/C=N/C=C/c1ccc(OC(C)C)cc1)c1ccc2cc[nH]c2c1. The monoisotopic (exact) mass is 356 g/mol. The van der Waals surface area contributed by atoms with E-state index in [4.69, 9.17) is 4.74 Å². The van der Waals surface area contributed by atoms with Crippen molar-refractivity contribution in [1.82, 2.24) is 4.98 Å². The Balaban J connectivity index is 1.53. The highest BCUT2D eigenvalue weighted by molar-refractivity contribution is 5.86. The Morgan fingerprint density at radius 2 is 1.93 bits per heavy atom. The summed E-state index contributed by atoms with van der Waals surface area (Å²) in [6.07, 6.45) is 11.5. The van der Waals surface area contributed by atoms with Crippen LogP contribution < -0.4 is 4.74 Å². The summed E-state index contributed by atoms with van der Waals surface area (Å²) in [6.45, 7) is 8.15. The molecule has 0 aliphatic heterocycles. The number of aromatic nitrogens is 1. The van der Waals surface area contributed by atoms with Crippen LogP contribution >= 0.6 is 0 Å². The van der Waals surface area contributed by atoms with Crippen LogP contribution in [0.5, 0.6) is 5.75 Å². The Kier molecular flexibility index (Phi) is 6.06. The van der Waals surface area contributed by atoms with Gasteiger partial charge in [0.1, 0.15) is 5.75 Å². The lowest BCUT2D eigenvalue weighted by Gasteiger charge is -2.09. The van der Waals surface area contributed by atoms with Crippen LogP contribution in [0, 0.1) is 0 Å². The zero-order chi connectivity index (χ0) is 19.1. The van der Waals surface area contributed by atoms with Crippen LogP contribution in [0.4, 0.5) is 0 Å². The fraction of sp³-hybridized carbons (Fsp3) is 0.125. The van der Waals surface area contributed by atoms with Gasteiger partial charge in [-0.05, 0) is 72.4 Å². The Morgan fingerprint density at radius 3 is 2.70 bits per heavy atom. The lowest BCUT2D eigenvalue weighted by molar-refractivity contribution is 0.242. The third kappa shape index (κ3) is 5.32. The van der Waals surface area contributed by atoms with E-state index in [9.17, 15) is 0 Å². The second-order valence-corrected chi connectivity index (χ2v) is 6.51. The van der Waals surface area contributed by atoms with Gasteiger partial charge in [0.2, 0.25) is 0 Å². The van der Waals surface area contributed by atoms with Crippen LogP contribution in [0.3, 0.4) is 0 Å². The summed E-state index contributed by atoms with van der Waals surface area (Å²) in [5.41, 5.74) is 4.23. The van der Waals surface area contributed by atoms with Gasteiger partial charge >= 0.3 is 0 Å². The highest BCUT2D eigenvalue weighted by Crippen LogP contribution is 2.20. The topological polar surface area (TPSA) is 37.4 Å². The van der Waals surface area contributed by atoms with Crippen LogP contribution in [-0.2, 0) is 0 Å². The summed E-state index contributed by atoms with van der Waals surface area (Å²) in [5.74, 6) is 0.879. The van der Waals surface area contributed by atoms with Crippen LogP contribution in [0.15, 0.2) is 84.7 Å². The lowest BCUT2D eigenvalue weighted by atomic mass is 10.1. The maximum atomic E-state index is 5.63. The quantitative estimate of drug-likeness (QED) is 0.393. The number of fused-ring (bicyclic) bond motifs is 1. The largest absolute Gasteiger partial charge is 0.491 e. The molecule has 3 rings (SSSR count). The number of nitrogens with zero attached hydrogens (tertiary/aromatic N) is 1. The van der Waals surface area contributed by atoms with E-state index in [0.29, 0.717) is 0 Å². The van der Waals surface area contributed by atoms with E-state index in [1.165, 1.54) is 5.39 Å². The molecule has 0 unspecified atom stereocenters. The number of benzene rings is 2. The van der Waals surface area contributed by atoms with Crippen molar-refractivity contribution in [3.8, 4) is 5.75 Å². The number of aliphatic imine (C=N–C) groups is 1. The summed E-state index contributed by atoms with van der Waals surface area (Å²) in [6, 6.07) is 16.3. The molecule has 3 aromatic rings. The maximum absolute atomic E-state index is 5.63. The average Bonchev–Trinajstić information content (AvgIpc) is 3.13. The Hall–Kier alpha value is -3.33. The van der Waals surface area contributed by atoms with E-state index in [1.807, 2.05) is 62.5 Å². The minimum atomic E-state index is 0.183. The van der Waals surface area contributed by atoms with E-state index < -0.39 is 0 Å². The molecule has 1 aromatic heterocycles. The molecule has 0 amide bonds. The van der Waals surface area contributed by atoms with Crippen LogP contribution in [0.1, 0.15) is 25.0 Å². The zero-order valence-corrected chi connectivity index (χ0v) is 15.7.